The molecule has 3 nitrogen and oxygen atoms in total. The van der Waals surface area contributed by atoms with Crippen molar-refractivity contribution >= 4 is 11.5 Å². The quantitative estimate of drug-likeness (QED) is 0.743. The van der Waals surface area contributed by atoms with Crippen molar-refractivity contribution in [2.45, 2.75) is 26.7 Å². The summed E-state index contributed by atoms with van der Waals surface area (Å²) in [7, 11) is 0. The Morgan fingerprint density at radius 2 is 1.76 bits per heavy atom. The number of benzene rings is 1. The number of nitrogens with one attached hydrogen (secondary N) is 1. The summed E-state index contributed by atoms with van der Waals surface area (Å²) in [6.45, 7) is 7.27. The third-order valence-electron chi connectivity index (χ3n) is 3.65. The lowest BCUT2D eigenvalue weighted by Crippen LogP contribution is -2.22. The van der Waals surface area contributed by atoms with Crippen LogP contribution >= 0.6 is 0 Å². The van der Waals surface area contributed by atoms with E-state index in [1.807, 2.05) is 6.20 Å². The van der Waals surface area contributed by atoms with Crippen LogP contribution in [0.5, 0.6) is 0 Å². The van der Waals surface area contributed by atoms with Gasteiger partial charge in [-0.1, -0.05) is 30.3 Å². The fourth-order valence-corrected chi connectivity index (χ4v) is 2.40. The van der Waals surface area contributed by atoms with Gasteiger partial charge in [0.1, 0.15) is 5.82 Å². The first-order valence-corrected chi connectivity index (χ1v) is 7.82. The summed E-state index contributed by atoms with van der Waals surface area (Å²) in [5.74, 6) is 1.05. The van der Waals surface area contributed by atoms with Crippen molar-refractivity contribution < 1.29 is 0 Å². The van der Waals surface area contributed by atoms with E-state index in [0.717, 1.165) is 44.0 Å². The van der Waals surface area contributed by atoms with Gasteiger partial charge in [0.15, 0.2) is 0 Å². The third kappa shape index (κ3) is 4.78. The molecule has 0 fully saturated rings. The van der Waals surface area contributed by atoms with Crippen LogP contribution in [-0.4, -0.2) is 24.6 Å². The standard InChI is InChI=1S/C18H25N3/c1-3-21(4-2)18-13-12-17(15-20-18)19-14-8-11-16-9-6-5-7-10-16/h5-7,9-10,12-13,15,19H,3-4,8,11,14H2,1-2H3. The fourth-order valence-electron chi connectivity index (χ4n) is 2.40. The van der Waals surface area contributed by atoms with Gasteiger partial charge in [-0.05, 0) is 44.4 Å². The minimum Gasteiger partial charge on any atom is -0.384 e. The monoisotopic (exact) mass is 283 g/mol. The predicted molar refractivity (Wildman–Crippen MR) is 91.1 cm³/mol. The number of anilines is 2. The van der Waals surface area contributed by atoms with Crippen LogP contribution in [-0.2, 0) is 6.42 Å². The van der Waals surface area contributed by atoms with Crippen molar-refractivity contribution in [2.75, 3.05) is 29.9 Å². The molecule has 0 atom stereocenters. The Balaban J connectivity index is 1.76. The molecule has 112 valence electrons. The second kappa shape index (κ2) is 8.30. The topological polar surface area (TPSA) is 28.2 Å². The van der Waals surface area contributed by atoms with Gasteiger partial charge in [0.05, 0.1) is 11.9 Å². The molecule has 0 aliphatic carbocycles. The first kappa shape index (κ1) is 15.4. The molecule has 0 bridgehead atoms. The number of pyridine rings is 1. The molecule has 1 N–H and O–H groups in total. The smallest absolute Gasteiger partial charge is 0.128 e. The Bertz CT molecular complexity index is 504. The van der Waals surface area contributed by atoms with Gasteiger partial charge < -0.3 is 10.2 Å². The molecule has 0 aliphatic rings. The summed E-state index contributed by atoms with van der Waals surface area (Å²) in [6.07, 6.45) is 4.16. The number of aromatic nitrogens is 1. The normalized spacial score (nSPS) is 10.4. The van der Waals surface area contributed by atoms with Gasteiger partial charge in [0.25, 0.3) is 0 Å². The molecular formula is C18H25N3. The molecule has 0 saturated heterocycles. The van der Waals surface area contributed by atoms with E-state index in [4.69, 9.17) is 0 Å². The molecule has 2 aromatic rings. The number of rotatable bonds is 8. The fraction of sp³-hybridized carbons (Fsp3) is 0.389. The average molecular weight is 283 g/mol. The molecule has 3 heteroatoms. The molecule has 0 amide bonds. The van der Waals surface area contributed by atoms with Gasteiger partial charge in [-0.15, -0.1) is 0 Å². The second-order valence-electron chi connectivity index (χ2n) is 5.09. The number of hydrogen-bond acceptors (Lipinski definition) is 3. The summed E-state index contributed by atoms with van der Waals surface area (Å²) in [4.78, 5) is 6.77. The molecule has 21 heavy (non-hydrogen) atoms. The maximum Gasteiger partial charge on any atom is 0.128 e. The lowest BCUT2D eigenvalue weighted by atomic mass is 10.1. The molecule has 2 rings (SSSR count). The maximum atomic E-state index is 4.52. The van der Waals surface area contributed by atoms with Crippen molar-refractivity contribution in [3.8, 4) is 0 Å². The van der Waals surface area contributed by atoms with E-state index < -0.39 is 0 Å². The molecule has 0 saturated carbocycles. The van der Waals surface area contributed by atoms with E-state index in [0.29, 0.717) is 0 Å². The lowest BCUT2D eigenvalue weighted by Gasteiger charge is -2.19. The van der Waals surface area contributed by atoms with E-state index in [1.165, 1.54) is 5.56 Å². The van der Waals surface area contributed by atoms with Crippen molar-refractivity contribution in [3.63, 3.8) is 0 Å². The van der Waals surface area contributed by atoms with Crippen LogP contribution in [0.25, 0.3) is 0 Å². The van der Waals surface area contributed by atoms with Gasteiger partial charge >= 0.3 is 0 Å². The zero-order valence-electron chi connectivity index (χ0n) is 13.0. The van der Waals surface area contributed by atoms with Crippen LogP contribution in [0.15, 0.2) is 48.7 Å². The van der Waals surface area contributed by atoms with Gasteiger partial charge in [-0.25, -0.2) is 4.98 Å². The number of aryl methyl sites for hydroxylation is 1. The number of hydrogen-bond donors (Lipinski definition) is 1. The first-order valence-electron chi connectivity index (χ1n) is 7.82. The van der Waals surface area contributed by atoms with Crippen LogP contribution in [0.3, 0.4) is 0 Å². The van der Waals surface area contributed by atoms with Crippen molar-refractivity contribution in [1.29, 1.82) is 0 Å². The van der Waals surface area contributed by atoms with E-state index in [-0.39, 0.29) is 0 Å². The van der Waals surface area contributed by atoms with Crippen LogP contribution < -0.4 is 10.2 Å². The van der Waals surface area contributed by atoms with E-state index in [1.54, 1.807) is 0 Å². The Hall–Kier alpha value is -2.03. The van der Waals surface area contributed by atoms with Crippen molar-refractivity contribution in [2.24, 2.45) is 0 Å². The zero-order valence-corrected chi connectivity index (χ0v) is 13.0. The van der Waals surface area contributed by atoms with E-state index in [2.05, 4.69) is 71.5 Å². The molecule has 1 heterocycles. The summed E-state index contributed by atoms with van der Waals surface area (Å²) >= 11 is 0. The summed E-state index contributed by atoms with van der Waals surface area (Å²) < 4.78 is 0. The van der Waals surface area contributed by atoms with Crippen LogP contribution in [0.2, 0.25) is 0 Å². The molecule has 0 aliphatic heterocycles. The van der Waals surface area contributed by atoms with Gasteiger partial charge in [-0.2, -0.15) is 0 Å². The number of nitrogens with zero attached hydrogens (tertiary/aromatic N) is 2. The van der Waals surface area contributed by atoms with Gasteiger partial charge in [-0.3, -0.25) is 0 Å². The van der Waals surface area contributed by atoms with Gasteiger partial charge in [0, 0.05) is 19.6 Å². The highest BCUT2D eigenvalue weighted by Gasteiger charge is 2.02. The Labute approximate surface area is 128 Å². The Morgan fingerprint density at radius 3 is 2.38 bits per heavy atom. The third-order valence-corrected chi connectivity index (χ3v) is 3.65. The minimum absolute atomic E-state index is 0.973. The van der Waals surface area contributed by atoms with Gasteiger partial charge in [0.2, 0.25) is 0 Å². The van der Waals surface area contributed by atoms with Crippen molar-refractivity contribution in [1.82, 2.24) is 4.98 Å². The Morgan fingerprint density at radius 1 is 1.00 bits per heavy atom. The molecule has 1 aromatic carbocycles. The van der Waals surface area contributed by atoms with Crippen LogP contribution in [0, 0.1) is 0 Å². The highest BCUT2D eigenvalue weighted by molar-refractivity contribution is 5.48. The highest BCUT2D eigenvalue weighted by Crippen LogP contribution is 2.14. The summed E-state index contributed by atoms with van der Waals surface area (Å²) in [6, 6.07) is 14.8. The molecule has 0 unspecified atom stereocenters. The zero-order chi connectivity index (χ0) is 14.9. The maximum absolute atomic E-state index is 4.52. The van der Waals surface area contributed by atoms with Crippen LogP contribution in [0.4, 0.5) is 11.5 Å². The summed E-state index contributed by atoms with van der Waals surface area (Å²) in [5.41, 5.74) is 2.49. The lowest BCUT2D eigenvalue weighted by molar-refractivity contribution is 0.843. The van der Waals surface area contributed by atoms with Crippen LogP contribution in [0.1, 0.15) is 25.8 Å². The highest BCUT2D eigenvalue weighted by atomic mass is 15.2. The molecular weight excluding hydrogens is 258 g/mol. The largest absolute Gasteiger partial charge is 0.384 e. The first-order chi connectivity index (χ1) is 10.3. The summed E-state index contributed by atoms with van der Waals surface area (Å²) in [5, 5.41) is 3.44. The Kier molecular flexibility index (Phi) is 6.07. The van der Waals surface area contributed by atoms with E-state index in [9.17, 15) is 0 Å². The second-order valence-corrected chi connectivity index (χ2v) is 5.09. The molecule has 1 aromatic heterocycles. The van der Waals surface area contributed by atoms with Crippen molar-refractivity contribution in [3.05, 3.63) is 54.2 Å². The van der Waals surface area contributed by atoms with E-state index >= 15 is 0 Å². The minimum atomic E-state index is 0.973. The predicted octanol–water partition coefficient (Wildman–Crippen LogP) is 3.97. The SMILES string of the molecule is CCN(CC)c1ccc(NCCCc2ccccc2)cn1. The average Bonchev–Trinajstić information content (AvgIpc) is 2.55. The molecule has 0 radical (unpaired) electrons. The molecule has 0 spiro atoms.